The minimum atomic E-state index is -4.62. The van der Waals surface area contributed by atoms with Crippen molar-refractivity contribution in [1.29, 1.82) is 0 Å². The molecule has 0 atom stereocenters. The molecule has 1 aliphatic rings. The van der Waals surface area contributed by atoms with E-state index in [1.807, 2.05) is 0 Å². The summed E-state index contributed by atoms with van der Waals surface area (Å²) in [5.41, 5.74) is -0.901. The molecule has 2 aromatic rings. The lowest BCUT2D eigenvalue weighted by Crippen LogP contribution is -2.40. The molecule has 0 bridgehead atoms. The zero-order chi connectivity index (χ0) is 19.1. The van der Waals surface area contributed by atoms with Crippen molar-refractivity contribution in [2.24, 2.45) is 0 Å². The van der Waals surface area contributed by atoms with Crippen molar-refractivity contribution >= 4 is 27.7 Å². The standard InChI is InChI=1S/C13H11ClF2N4O5S/c14-10-17-20(13(22)19(10)7-5-6-7)12(21)18-26(23,24)9-4-2-1-3-8(9)25-11(15)16/h1-4,7,11H,5-6H2,(H,18,21). The Morgan fingerprint density at radius 2 is 2.00 bits per heavy atom. The topological polar surface area (TPSA) is 112 Å². The van der Waals surface area contributed by atoms with E-state index in [9.17, 15) is 26.8 Å². The van der Waals surface area contributed by atoms with Crippen LogP contribution in [0.1, 0.15) is 18.9 Å². The third-order valence-corrected chi connectivity index (χ3v) is 5.07. The van der Waals surface area contributed by atoms with Gasteiger partial charge in [0.15, 0.2) is 0 Å². The van der Waals surface area contributed by atoms with Crippen LogP contribution in [-0.4, -0.2) is 35.4 Å². The number of aromatic nitrogens is 3. The van der Waals surface area contributed by atoms with Gasteiger partial charge in [0.2, 0.25) is 5.28 Å². The maximum absolute atomic E-state index is 12.4. The van der Waals surface area contributed by atoms with Gasteiger partial charge in [0.1, 0.15) is 10.6 Å². The van der Waals surface area contributed by atoms with E-state index in [1.54, 1.807) is 4.72 Å². The molecule has 0 aliphatic heterocycles. The van der Waals surface area contributed by atoms with Crippen molar-refractivity contribution < 1.29 is 26.7 Å². The maximum atomic E-state index is 12.4. The van der Waals surface area contributed by atoms with E-state index in [1.165, 1.54) is 12.1 Å². The third kappa shape index (κ3) is 3.55. The van der Waals surface area contributed by atoms with E-state index < -0.39 is 39.0 Å². The number of halogens is 3. The lowest BCUT2D eigenvalue weighted by molar-refractivity contribution is -0.0517. The first-order chi connectivity index (χ1) is 12.2. The van der Waals surface area contributed by atoms with Crippen molar-refractivity contribution in [1.82, 2.24) is 19.1 Å². The summed E-state index contributed by atoms with van der Waals surface area (Å²) in [6, 6.07) is 2.90. The first kappa shape index (κ1) is 18.3. The smallest absolute Gasteiger partial charge is 0.387 e. The summed E-state index contributed by atoms with van der Waals surface area (Å²) < 4.78 is 56.5. The summed E-state index contributed by atoms with van der Waals surface area (Å²) in [5.74, 6) is -0.656. The van der Waals surface area contributed by atoms with Crippen LogP contribution < -0.4 is 15.1 Å². The number of sulfonamides is 1. The molecule has 1 saturated carbocycles. The molecule has 9 nitrogen and oxygen atoms in total. The molecule has 1 fully saturated rings. The molecule has 1 aromatic carbocycles. The molecule has 1 aromatic heterocycles. The molecule has 3 rings (SSSR count). The van der Waals surface area contributed by atoms with Crippen molar-refractivity contribution in [2.45, 2.75) is 30.4 Å². The minimum absolute atomic E-state index is 0.187. The van der Waals surface area contributed by atoms with Crippen molar-refractivity contribution in [3.63, 3.8) is 0 Å². The normalized spacial score (nSPS) is 14.5. The highest BCUT2D eigenvalue weighted by Crippen LogP contribution is 2.35. The number of carbonyl (C=O) groups excluding carboxylic acids is 1. The highest BCUT2D eigenvalue weighted by molar-refractivity contribution is 7.90. The van der Waals surface area contributed by atoms with Crippen LogP contribution in [-0.2, 0) is 10.0 Å². The van der Waals surface area contributed by atoms with Gasteiger partial charge in [0, 0.05) is 6.04 Å². The molecule has 1 N–H and O–H groups in total. The van der Waals surface area contributed by atoms with E-state index in [4.69, 9.17) is 11.6 Å². The van der Waals surface area contributed by atoms with E-state index >= 15 is 0 Å². The molecule has 0 unspecified atom stereocenters. The Kier molecular flexibility index (Phi) is 4.71. The fourth-order valence-electron chi connectivity index (χ4n) is 2.20. The predicted octanol–water partition coefficient (Wildman–Crippen LogP) is 1.58. The molecule has 0 saturated heterocycles. The zero-order valence-corrected chi connectivity index (χ0v) is 14.4. The molecule has 26 heavy (non-hydrogen) atoms. The Hall–Kier alpha value is -2.47. The fraction of sp³-hybridized carbons (Fsp3) is 0.308. The summed E-state index contributed by atoms with van der Waals surface area (Å²) in [6.45, 7) is -3.27. The number of hydrogen-bond donors (Lipinski definition) is 1. The first-order valence-corrected chi connectivity index (χ1v) is 9.05. The number of hydrogen-bond acceptors (Lipinski definition) is 6. The average Bonchev–Trinajstić information content (AvgIpc) is 3.32. The molecular weight excluding hydrogens is 398 g/mol. The molecule has 1 amide bonds. The van der Waals surface area contributed by atoms with E-state index in [0.29, 0.717) is 12.8 Å². The van der Waals surface area contributed by atoms with Gasteiger partial charge in [-0.25, -0.2) is 22.7 Å². The van der Waals surface area contributed by atoms with Crippen molar-refractivity contribution in [3.05, 3.63) is 40.0 Å². The summed E-state index contributed by atoms with van der Waals surface area (Å²) in [6.07, 6.45) is 1.37. The maximum Gasteiger partial charge on any atom is 0.387 e. The molecule has 0 spiro atoms. The third-order valence-electron chi connectivity index (χ3n) is 3.45. The number of nitrogens with one attached hydrogen (secondary N) is 1. The van der Waals surface area contributed by atoms with Crippen LogP contribution in [0.4, 0.5) is 13.6 Å². The Morgan fingerprint density at radius 1 is 1.35 bits per heavy atom. The molecular formula is C13H11ClF2N4O5S. The summed E-state index contributed by atoms with van der Waals surface area (Å²) in [7, 11) is -4.62. The molecule has 1 heterocycles. The number of nitrogens with zero attached hydrogens (tertiary/aromatic N) is 3. The highest BCUT2D eigenvalue weighted by atomic mass is 35.5. The number of ether oxygens (including phenoxy) is 1. The lowest BCUT2D eigenvalue weighted by Gasteiger charge is -2.11. The summed E-state index contributed by atoms with van der Waals surface area (Å²) >= 11 is 5.80. The molecule has 13 heteroatoms. The molecule has 140 valence electrons. The van der Waals surface area contributed by atoms with Crippen LogP contribution in [0, 0.1) is 0 Å². The van der Waals surface area contributed by atoms with E-state index in [-0.39, 0.29) is 16.0 Å². The van der Waals surface area contributed by atoms with Crippen LogP contribution in [0.2, 0.25) is 5.28 Å². The second kappa shape index (κ2) is 6.68. The van der Waals surface area contributed by atoms with Gasteiger partial charge in [-0.15, -0.1) is 9.78 Å². The summed E-state index contributed by atoms with van der Waals surface area (Å²) in [4.78, 5) is 23.6. The average molecular weight is 409 g/mol. The fourth-order valence-corrected chi connectivity index (χ4v) is 3.56. The second-order valence-corrected chi connectivity index (χ2v) is 7.29. The zero-order valence-electron chi connectivity index (χ0n) is 12.8. The number of alkyl halides is 2. The van der Waals surface area contributed by atoms with Gasteiger partial charge < -0.3 is 4.74 Å². The van der Waals surface area contributed by atoms with Crippen LogP contribution in [0.5, 0.6) is 5.75 Å². The first-order valence-electron chi connectivity index (χ1n) is 7.19. The number of rotatable bonds is 5. The number of para-hydroxylation sites is 1. The van der Waals surface area contributed by atoms with Gasteiger partial charge in [-0.3, -0.25) is 4.57 Å². The predicted molar refractivity (Wildman–Crippen MR) is 84.0 cm³/mol. The lowest BCUT2D eigenvalue weighted by atomic mass is 10.3. The van der Waals surface area contributed by atoms with Gasteiger partial charge >= 0.3 is 18.3 Å². The van der Waals surface area contributed by atoms with E-state index in [0.717, 1.165) is 16.7 Å². The van der Waals surface area contributed by atoms with Gasteiger partial charge in [-0.05, 0) is 36.6 Å². The van der Waals surface area contributed by atoms with Gasteiger partial charge in [-0.1, -0.05) is 12.1 Å². The van der Waals surface area contributed by atoms with Crippen molar-refractivity contribution in [3.8, 4) is 5.75 Å². The number of carbonyl (C=O) groups is 1. The SMILES string of the molecule is O=C(NS(=O)(=O)c1ccccc1OC(F)F)n1nc(Cl)n(C2CC2)c1=O. The highest BCUT2D eigenvalue weighted by Gasteiger charge is 2.32. The molecule has 1 aliphatic carbocycles. The number of amides is 1. The minimum Gasteiger partial charge on any atom is -0.433 e. The van der Waals surface area contributed by atoms with Crippen molar-refractivity contribution in [2.75, 3.05) is 0 Å². The Morgan fingerprint density at radius 3 is 2.62 bits per heavy atom. The Balaban J connectivity index is 1.90. The second-order valence-electron chi connectivity index (χ2n) is 5.30. The van der Waals surface area contributed by atoms with Crippen LogP contribution >= 0.6 is 11.6 Å². The van der Waals surface area contributed by atoms with Gasteiger partial charge in [0.05, 0.1) is 0 Å². The molecule has 0 radical (unpaired) electrons. The van der Waals surface area contributed by atoms with Crippen LogP contribution in [0.15, 0.2) is 34.0 Å². The monoisotopic (exact) mass is 408 g/mol. The van der Waals surface area contributed by atoms with Crippen LogP contribution in [0.3, 0.4) is 0 Å². The largest absolute Gasteiger partial charge is 0.433 e. The van der Waals surface area contributed by atoms with Crippen LogP contribution in [0.25, 0.3) is 0 Å². The number of benzene rings is 1. The quantitative estimate of drug-likeness (QED) is 0.803. The van der Waals surface area contributed by atoms with Gasteiger partial charge in [0.25, 0.3) is 10.0 Å². The van der Waals surface area contributed by atoms with Gasteiger partial charge in [-0.2, -0.15) is 8.78 Å². The Labute approximate surface area is 150 Å². The Bertz CT molecular complexity index is 1020. The summed E-state index contributed by atoms with van der Waals surface area (Å²) in [5, 5.41) is 3.27. The van der Waals surface area contributed by atoms with E-state index in [2.05, 4.69) is 9.84 Å².